The Morgan fingerprint density at radius 2 is 1.13 bits per heavy atom. The number of rotatable bonds is 5. The van der Waals surface area contributed by atoms with Gasteiger partial charge in [-0.2, -0.15) is 4.57 Å². The zero-order valence-electron chi connectivity index (χ0n) is 21.4. The SMILES string of the molecule is F[B-](F)(F)F.c1ccc(CC[n+]2c(-c3ccccc3)cc(-c3ccccc3)c3c2-c2ccccc2CC3)cc1. The average Bonchev–Trinajstić information content (AvgIpc) is 2.96. The van der Waals surface area contributed by atoms with Gasteiger partial charge in [-0.15, -0.1) is 0 Å². The van der Waals surface area contributed by atoms with Gasteiger partial charge in [0, 0.05) is 29.2 Å². The van der Waals surface area contributed by atoms with E-state index < -0.39 is 7.25 Å². The number of halogens is 4. The fourth-order valence-corrected chi connectivity index (χ4v) is 5.34. The second kappa shape index (κ2) is 11.7. The van der Waals surface area contributed by atoms with Gasteiger partial charge in [-0.25, -0.2) is 0 Å². The molecule has 39 heavy (non-hydrogen) atoms. The molecule has 1 aliphatic carbocycles. The fraction of sp³-hybridized carbons (Fsp3) is 0.121. The zero-order valence-corrected chi connectivity index (χ0v) is 21.4. The molecule has 196 valence electrons. The van der Waals surface area contributed by atoms with Crippen molar-refractivity contribution in [2.75, 3.05) is 0 Å². The number of nitrogens with zero attached hydrogens (tertiary/aromatic N) is 1. The molecule has 0 N–H and O–H groups in total. The highest BCUT2D eigenvalue weighted by atomic mass is 19.5. The number of aromatic nitrogens is 1. The molecule has 1 heterocycles. The lowest BCUT2D eigenvalue weighted by molar-refractivity contribution is -0.675. The van der Waals surface area contributed by atoms with E-state index in [1.54, 1.807) is 0 Å². The Kier molecular flexibility index (Phi) is 7.92. The summed E-state index contributed by atoms with van der Waals surface area (Å²) < 4.78 is 41.6. The van der Waals surface area contributed by atoms with Crippen LogP contribution in [0.25, 0.3) is 33.6 Å². The van der Waals surface area contributed by atoms with Gasteiger partial charge in [-0.05, 0) is 53.3 Å². The van der Waals surface area contributed by atoms with Gasteiger partial charge >= 0.3 is 7.25 Å². The van der Waals surface area contributed by atoms with Crippen molar-refractivity contribution in [2.45, 2.75) is 25.8 Å². The Morgan fingerprint density at radius 3 is 1.77 bits per heavy atom. The molecule has 0 aliphatic heterocycles. The van der Waals surface area contributed by atoms with Gasteiger partial charge < -0.3 is 17.3 Å². The molecule has 0 saturated carbocycles. The third-order valence-electron chi connectivity index (χ3n) is 6.99. The maximum Gasteiger partial charge on any atom is 0.673 e. The number of pyridine rings is 1. The standard InChI is InChI=1S/C33H28N.BF4/c1-4-12-25(13-5-1)22-23-34-32(28-17-8-3-9-18-28)24-31(26-14-6-2-7-15-26)30-21-20-27-16-10-11-19-29(27)33(30)34;2-1(3,4)5/h1-19,24H,20-23H2;/q+1;-1. The lowest BCUT2D eigenvalue weighted by Gasteiger charge is -2.23. The maximum atomic E-state index is 9.75. The molecule has 0 saturated heterocycles. The molecule has 0 bridgehead atoms. The summed E-state index contributed by atoms with van der Waals surface area (Å²) >= 11 is 0. The fourth-order valence-electron chi connectivity index (χ4n) is 5.34. The molecular formula is C33H28BF4N. The van der Waals surface area contributed by atoms with Crippen LogP contribution in [0.3, 0.4) is 0 Å². The minimum absolute atomic E-state index is 0.944. The van der Waals surface area contributed by atoms with Gasteiger partial charge in [0.2, 0.25) is 11.4 Å². The van der Waals surface area contributed by atoms with E-state index in [1.807, 2.05) is 0 Å². The Balaban J connectivity index is 0.000000567. The van der Waals surface area contributed by atoms with Gasteiger partial charge in [-0.3, -0.25) is 0 Å². The van der Waals surface area contributed by atoms with Gasteiger partial charge in [0.25, 0.3) is 0 Å². The molecule has 0 unspecified atom stereocenters. The second-order valence-corrected chi connectivity index (χ2v) is 9.54. The highest BCUT2D eigenvalue weighted by molar-refractivity contribution is 6.50. The second-order valence-electron chi connectivity index (χ2n) is 9.54. The van der Waals surface area contributed by atoms with Crippen molar-refractivity contribution in [3.05, 3.63) is 138 Å². The van der Waals surface area contributed by atoms with Crippen LogP contribution in [0.5, 0.6) is 0 Å². The Bertz CT molecular complexity index is 1530. The topological polar surface area (TPSA) is 3.88 Å². The summed E-state index contributed by atoms with van der Waals surface area (Å²) in [4.78, 5) is 0. The predicted octanol–water partition coefficient (Wildman–Crippen LogP) is 8.62. The van der Waals surface area contributed by atoms with Crippen LogP contribution in [-0.4, -0.2) is 7.25 Å². The van der Waals surface area contributed by atoms with E-state index in [9.17, 15) is 17.3 Å². The molecule has 1 aliphatic rings. The van der Waals surface area contributed by atoms with Crippen LogP contribution in [0, 0.1) is 0 Å². The molecule has 0 radical (unpaired) electrons. The van der Waals surface area contributed by atoms with E-state index in [1.165, 1.54) is 50.3 Å². The van der Waals surface area contributed by atoms with Crippen molar-refractivity contribution in [3.8, 4) is 33.6 Å². The zero-order chi connectivity index (χ0) is 27.2. The minimum Gasteiger partial charge on any atom is -0.418 e. The van der Waals surface area contributed by atoms with Crippen molar-refractivity contribution in [1.29, 1.82) is 0 Å². The molecule has 0 spiro atoms. The molecule has 4 aromatic carbocycles. The molecular weight excluding hydrogens is 497 g/mol. The quantitative estimate of drug-likeness (QED) is 0.123. The van der Waals surface area contributed by atoms with Gasteiger partial charge in [0.1, 0.15) is 0 Å². The first-order valence-corrected chi connectivity index (χ1v) is 13.1. The minimum atomic E-state index is -6.00. The maximum absolute atomic E-state index is 9.75. The molecule has 1 aromatic heterocycles. The number of fused-ring (bicyclic) bond motifs is 3. The van der Waals surface area contributed by atoms with Crippen molar-refractivity contribution >= 4 is 7.25 Å². The van der Waals surface area contributed by atoms with E-state index in [-0.39, 0.29) is 0 Å². The molecule has 6 rings (SSSR count). The van der Waals surface area contributed by atoms with E-state index in [0.717, 1.165) is 25.8 Å². The van der Waals surface area contributed by atoms with Crippen molar-refractivity contribution in [3.63, 3.8) is 0 Å². The normalized spacial score (nSPS) is 12.1. The van der Waals surface area contributed by atoms with E-state index in [2.05, 4.69) is 126 Å². The van der Waals surface area contributed by atoms with E-state index in [0.29, 0.717) is 0 Å². The Labute approximate surface area is 226 Å². The number of aryl methyl sites for hydroxylation is 2. The van der Waals surface area contributed by atoms with Crippen LogP contribution in [0.2, 0.25) is 0 Å². The average molecular weight is 525 g/mol. The van der Waals surface area contributed by atoms with Crippen LogP contribution < -0.4 is 4.57 Å². The molecule has 0 amide bonds. The lowest BCUT2D eigenvalue weighted by Crippen LogP contribution is -2.42. The summed E-state index contributed by atoms with van der Waals surface area (Å²) in [5, 5.41) is 0. The van der Waals surface area contributed by atoms with Crippen LogP contribution in [-0.2, 0) is 25.8 Å². The summed E-state index contributed by atoms with van der Waals surface area (Å²) in [5.74, 6) is 0. The third-order valence-corrected chi connectivity index (χ3v) is 6.99. The molecule has 1 nitrogen and oxygen atoms in total. The van der Waals surface area contributed by atoms with Crippen molar-refractivity contribution < 1.29 is 21.8 Å². The monoisotopic (exact) mass is 525 g/mol. The summed E-state index contributed by atoms with van der Waals surface area (Å²) in [6, 6.07) is 44.0. The van der Waals surface area contributed by atoms with Crippen LogP contribution in [0.4, 0.5) is 17.3 Å². The van der Waals surface area contributed by atoms with Gasteiger partial charge in [0.15, 0.2) is 6.54 Å². The molecule has 0 atom stereocenters. The summed E-state index contributed by atoms with van der Waals surface area (Å²) in [6.45, 7) is 0.944. The summed E-state index contributed by atoms with van der Waals surface area (Å²) in [7, 11) is -6.00. The smallest absolute Gasteiger partial charge is 0.418 e. The number of benzene rings is 4. The summed E-state index contributed by atoms with van der Waals surface area (Å²) in [5.41, 5.74) is 12.3. The number of hydrogen-bond acceptors (Lipinski definition) is 0. The Hall–Kier alpha value is -4.19. The number of hydrogen-bond donors (Lipinski definition) is 0. The lowest BCUT2D eigenvalue weighted by atomic mass is 9.83. The van der Waals surface area contributed by atoms with Gasteiger partial charge in [-0.1, -0.05) is 97.1 Å². The predicted molar refractivity (Wildman–Crippen MR) is 151 cm³/mol. The highest BCUT2D eigenvalue weighted by Crippen LogP contribution is 2.39. The third kappa shape index (κ3) is 6.46. The first kappa shape index (κ1) is 26.4. The van der Waals surface area contributed by atoms with E-state index >= 15 is 0 Å². The first-order valence-electron chi connectivity index (χ1n) is 13.1. The molecule has 6 heteroatoms. The van der Waals surface area contributed by atoms with Crippen molar-refractivity contribution in [2.24, 2.45) is 0 Å². The van der Waals surface area contributed by atoms with Crippen LogP contribution in [0.15, 0.2) is 121 Å². The highest BCUT2D eigenvalue weighted by Gasteiger charge is 2.31. The first-order chi connectivity index (χ1) is 18.9. The summed E-state index contributed by atoms with van der Waals surface area (Å²) in [6.07, 6.45) is 3.16. The van der Waals surface area contributed by atoms with Crippen LogP contribution in [0.1, 0.15) is 16.7 Å². The van der Waals surface area contributed by atoms with Crippen molar-refractivity contribution in [1.82, 2.24) is 0 Å². The molecule has 0 fully saturated rings. The van der Waals surface area contributed by atoms with E-state index in [4.69, 9.17) is 0 Å². The van der Waals surface area contributed by atoms with Gasteiger partial charge in [0.05, 0.1) is 0 Å². The van der Waals surface area contributed by atoms with Crippen LogP contribution >= 0.6 is 0 Å². The largest absolute Gasteiger partial charge is 0.673 e. The molecule has 5 aromatic rings. The Morgan fingerprint density at radius 1 is 0.590 bits per heavy atom.